The van der Waals surface area contributed by atoms with E-state index >= 15 is 0 Å². The molecule has 1 aliphatic rings. The number of rotatable bonds is 3. The third-order valence-electron chi connectivity index (χ3n) is 3.38. The Morgan fingerprint density at radius 2 is 2.10 bits per heavy atom. The second-order valence-electron chi connectivity index (χ2n) is 5.26. The molecule has 0 radical (unpaired) electrons. The monoisotopic (exact) mass is 306 g/mol. The fraction of sp³-hybridized carbons (Fsp3) is 0.500. The minimum atomic E-state index is 0.0941. The molecule has 1 amide bonds. The van der Waals surface area contributed by atoms with Gasteiger partial charge in [-0.05, 0) is 26.0 Å². The molecule has 1 aliphatic heterocycles. The lowest BCUT2D eigenvalue weighted by Gasteiger charge is -2.35. The second kappa shape index (κ2) is 6.03. The number of carbonyl (C=O) groups is 1. The van der Waals surface area contributed by atoms with Gasteiger partial charge in [0.2, 0.25) is 5.91 Å². The average Bonchev–Trinajstić information content (AvgIpc) is 2.87. The van der Waals surface area contributed by atoms with Gasteiger partial charge >= 0.3 is 0 Å². The van der Waals surface area contributed by atoms with Crippen molar-refractivity contribution < 1.29 is 9.53 Å². The van der Waals surface area contributed by atoms with E-state index in [2.05, 4.69) is 10.2 Å². The van der Waals surface area contributed by atoms with Crippen molar-refractivity contribution in [3.8, 4) is 0 Å². The number of thioether (sulfide) groups is 1. The number of fused-ring (bicyclic) bond motifs is 1. The molecule has 7 heteroatoms. The molecule has 0 spiro atoms. The lowest BCUT2D eigenvalue weighted by molar-refractivity contribution is -0.140. The van der Waals surface area contributed by atoms with Gasteiger partial charge in [0.1, 0.15) is 0 Å². The molecule has 0 unspecified atom stereocenters. The van der Waals surface area contributed by atoms with Crippen molar-refractivity contribution >= 4 is 23.3 Å². The highest BCUT2D eigenvalue weighted by atomic mass is 32.2. The quantitative estimate of drug-likeness (QED) is 0.804. The SMILES string of the molecule is C[C@@H]1CN(C(=O)CSc2nnc3ccccn23)C[C@@H](C)O1. The Hall–Kier alpha value is -1.60. The summed E-state index contributed by atoms with van der Waals surface area (Å²) in [6, 6.07) is 5.73. The van der Waals surface area contributed by atoms with E-state index in [9.17, 15) is 4.79 Å². The van der Waals surface area contributed by atoms with Crippen LogP contribution >= 0.6 is 11.8 Å². The number of nitrogens with zero attached hydrogens (tertiary/aromatic N) is 4. The average molecular weight is 306 g/mol. The Balaban J connectivity index is 1.63. The largest absolute Gasteiger partial charge is 0.372 e. The molecule has 2 aromatic rings. The van der Waals surface area contributed by atoms with Crippen LogP contribution in [0.2, 0.25) is 0 Å². The van der Waals surface area contributed by atoms with Crippen molar-refractivity contribution in [1.82, 2.24) is 19.5 Å². The van der Waals surface area contributed by atoms with Gasteiger partial charge in [-0.3, -0.25) is 9.20 Å². The zero-order valence-electron chi connectivity index (χ0n) is 12.1. The molecule has 21 heavy (non-hydrogen) atoms. The number of carbonyl (C=O) groups excluding carboxylic acids is 1. The van der Waals surface area contributed by atoms with E-state index in [4.69, 9.17) is 4.74 Å². The molecule has 0 aromatic carbocycles. The third-order valence-corrected chi connectivity index (χ3v) is 4.31. The minimum absolute atomic E-state index is 0.0941. The molecule has 6 nitrogen and oxygen atoms in total. The van der Waals surface area contributed by atoms with Gasteiger partial charge < -0.3 is 9.64 Å². The van der Waals surface area contributed by atoms with Crippen molar-refractivity contribution in [3.05, 3.63) is 24.4 Å². The maximum atomic E-state index is 12.3. The van der Waals surface area contributed by atoms with Crippen molar-refractivity contribution in [2.75, 3.05) is 18.8 Å². The Morgan fingerprint density at radius 1 is 1.33 bits per heavy atom. The van der Waals surface area contributed by atoms with Gasteiger partial charge in [-0.1, -0.05) is 17.8 Å². The Bertz CT molecular complexity index is 635. The van der Waals surface area contributed by atoms with E-state index in [-0.39, 0.29) is 18.1 Å². The molecule has 0 N–H and O–H groups in total. The van der Waals surface area contributed by atoms with E-state index in [0.29, 0.717) is 18.8 Å². The number of hydrogen-bond donors (Lipinski definition) is 0. The molecule has 2 atom stereocenters. The zero-order chi connectivity index (χ0) is 14.8. The third kappa shape index (κ3) is 3.19. The predicted molar refractivity (Wildman–Crippen MR) is 80.3 cm³/mol. The molecule has 2 aromatic heterocycles. The lowest BCUT2D eigenvalue weighted by atomic mass is 10.2. The van der Waals surface area contributed by atoms with Gasteiger partial charge in [0.15, 0.2) is 10.8 Å². The molecule has 1 fully saturated rings. The first kappa shape index (κ1) is 14.3. The smallest absolute Gasteiger partial charge is 0.233 e. The van der Waals surface area contributed by atoms with Gasteiger partial charge in [-0.25, -0.2) is 0 Å². The van der Waals surface area contributed by atoms with E-state index in [1.165, 1.54) is 11.8 Å². The van der Waals surface area contributed by atoms with E-state index in [1.807, 2.05) is 47.5 Å². The van der Waals surface area contributed by atoms with Crippen LogP contribution in [-0.2, 0) is 9.53 Å². The maximum absolute atomic E-state index is 12.3. The first-order valence-corrected chi connectivity index (χ1v) is 7.98. The summed E-state index contributed by atoms with van der Waals surface area (Å²) in [5, 5.41) is 8.95. The molecule has 112 valence electrons. The zero-order valence-corrected chi connectivity index (χ0v) is 12.9. The summed E-state index contributed by atoms with van der Waals surface area (Å²) in [5.41, 5.74) is 0.793. The van der Waals surface area contributed by atoms with Crippen LogP contribution in [0.3, 0.4) is 0 Å². The van der Waals surface area contributed by atoms with Gasteiger partial charge in [-0.15, -0.1) is 10.2 Å². The molecule has 0 aliphatic carbocycles. The normalized spacial score (nSPS) is 22.7. The second-order valence-corrected chi connectivity index (χ2v) is 6.20. The van der Waals surface area contributed by atoms with Crippen LogP contribution in [0.4, 0.5) is 0 Å². The maximum Gasteiger partial charge on any atom is 0.233 e. The van der Waals surface area contributed by atoms with E-state index in [0.717, 1.165) is 10.8 Å². The highest BCUT2D eigenvalue weighted by molar-refractivity contribution is 7.99. The molecular weight excluding hydrogens is 288 g/mol. The minimum Gasteiger partial charge on any atom is -0.372 e. The first-order chi connectivity index (χ1) is 10.1. The first-order valence-electron chi connectivity index (χ1n) is 6.99. The number of aromatic nitrogens is 3. The molecule has 1 saturated heterocycles. The standard InChI is InChI=1S/C14H18N4O2S/c1-10-7-17(8-11(2)20-10)13(19)9-21-14-16-15-12-5-3-4-6-18(12)14/h3-6,10-11H,7-9H2,1-2H3/t10-,11-/m1/s1. The number of amides is 1. The molecule has 0 saturated carbocycles. The summed E-state index contributed by atoms with van der Waals surface area (Å²) in [6.45, 7) is 5.30. The summed E-state index contributed by atoms with van der Waals surface area (Å²) >= 11 is 1.42. The van der Waals surface area contributed by atoms with E-state index < -0.39 is 0 Å². The summed E-state index contributed by atoms with van der Waals surface area (Å²) in [5.74, 6) is 0.490. The Labute approximate surface area is 127 Å². The topological polar surface area (TPSA) is 59.7 Å². The van der Waals surface area contributed by atoms with E-state index in [1.54, 1.807) is 0 Å². The Morgan fingerprint density at radius 3 is 2.86 bits per heavy atom. The predicted octanol–water partition coefficient (Wildman–Crippen LogP) is 1.46. The molecule has 3 heterocycles. The summed E-state index contributed by atoms with van der Waals surface area (Å²) in [6.07, 6.45) is 2.09. The highest BCUT2D eigenvalue weighted by Gasteiger charge is 2.26. The van der Waals surface area contributed by atoms with Gasteiger partial charge in [0.05, 0.1) is 18.0 Å². The van der Waals surface area contributed by atoms with Crippen molar-refractivity contribution in [3.63, 3.8) is 0 Å². The van der Waals surface area contributed by atoms with Crippen LogP contribution in [-0.4, -0.2) is 56.5 Å². The number of ether oxygens (including phenoxy) is 1. The fourth-order valence-electron chi connectivity index (χ4n) is 2.52. The Kier molecular flexibility index (Phi) is 4.12. The lowest BCUT2D eigenvalue weighted by Crippen LogP contribution is -2.48. The van der Waals surface area contributed by atoms with Crippen LogP contribution in [0.15, 0.2) is 29.6 Å². The van der Waals surface area contributed by atoms with Gasteiger partial charge in [0, 0.05) is 19.3 Å². The molecule has 0 bridgehead atoms. The van der Waals surface area contributed by atoms with Crippen molar-refractivity contribution in [2.24, 2.45) is 0 Å². The highest BCUT2D eigenvalue weighted by Crippen LogP contribution is 2.18. The van der Waals surface area contributed by atoms with Crippen LogP contribution < -0.4 is 0 Å². The summed E-state index contributed by atoms with van der Waals surface area (Å²) in [4.78, 5) is 14.2. The molecular formula is C14H18N4O2S. The van der Waals surface area contributed by atoms with Gasteiger partial charge in [-0.2, -0.15) is 0 Å². The number of pyridine rings is 1. The van der Waals surface area contributed by atoms with Crippen LogP contribution in [0.25, 0.3) is 5.65 Å². The number of hydrogen-bond acceptors (Lipinski definition) is 5. The van der Waals surface area contributed by atoms with Crippen LogP contribution in [0, 0.1) is 0 Å². The fourth-order valence-corrected chi connectivity index (χ4v) is 3.34. The summed E-state index contributed by atoms with van der Waals surface area (Å²) in [7, 11) is 0. The van der Waals surface area contributed by atoms with Crippen LogP contribution in [0.1, 0.15) is 13.8 Å². The number of morpholine rings is 1. The van der Waals surface area contributed by atoms with Crippen molar-refractivity contribution in [1.29, 1.82) is 0 Å². The van der Waals surface area contributed by atoms with Gasteiger partial charge in [0.25, 0.3) is 0 Å². The molecule has 3 rings (SSSR count). The van der Waals surface area contributed by atoms with Crippen LogP contribution in [0.5, 0.6) is 0 Å². The van der Waals surface area contributed by atoms with Crippen molar-refractivity contribution in [2.45, 2.75) is 31.2 Å². The summed E-state index contributed by atoms with van der Waals surface area (Å²) < 4.78 is 7.54.